The Kier molecular flexibility index (Phi) is 2.66. The lowest BCUT2D eigenvalue weighted by molar-refractivity contribution is 0.0694. The van der Waals surface area contributed by atoms with Gasteiger partial charge in [-0.2, -0.15) is 4.37 Å². The summed E-state index contributed by atoms with van der Waals surface area (Å²) in [7, 11) is 3.03. The van der Waals surface area contributed by atoms with E-state index in [9.17, 15) is 4.79 Å². The van der Waals surface area contributed by atoms with Gasteiger partial charge in [0.25, 0.3) is 0 Å². The van der Waals surface area contributed by atoms with Gasteiger partial charge < -0.3 is 14.6 Å². The molecule has 0 aliphatic rings. The fraction of sp³-hybridized carbons (Fsp3) is 0.200. The third-order valence-corrected chi connectivity index (χ3v) is 2.96. The van der Waals surface area contributed by atoms with Crippen LogP contribution in [0.3, 0.4) is 0 Å². The molecule has 16 heavy (non-hydrogen) atoms. The highest BCUT2D eigenvalue weighted by atomic mass is 32.1. The van der Waals surface area contributed by atoms with Crippen molar-refractivity contribution in [3.8, 4) is 11.5 Å². The molecule has 0 saturated carbocycles. The van der Waals surface area contributed by atoms with E-state index < -0.39 is 5.97 Å². The summed E-state index contributed by atoms with van der Waals surface area (Å²) in [6, 6.07) is 3.38. The largest absolute Gasteiger partial charge is 0.497 e. The molecule has 0 unspecified atom stereocenters. The number of hydrogen-bond donors (Lipinski definition) is 1. The van der Waals surface area contributed by atoms with Gasteiger partial charge in [-0.3, -0.25) is 0 Å². The molecule has 1 N–H and O–H groups in total. The lowest BCUT2D eigenvalue weighted by Crippen LogP contribution is -1.98. The van der Waals surface area contributed by atoms with Crippen LogP contribution in [0.2, 0.25) is 0 Å². The van der Waals surface area contributed by atoms with E-state index in [1.807, 2.05) is 0 Å². The number of nitrogens with zero attached hydrogens (tertiary/aromatic N) is 1. The monoisotopic (exact) mass is 239 g/mol. The minimum absolute atomic E-state index is 0.0134. The second-order valence-corrected chi connectivity index (χ2v) is 3.84. The zero-order valence-electron chi connectivity index (χ0n) is 8.68. The van der Waals surface area contributed by atoms with Gasteiger partial charge in [0.1, 0.15) is 11.5 Å². The molecule has 0 radical (unpaired) electrons. The number of benzene rings is 1. The third kappa shape index (κ3) is 1.57. The number of carboxylic acid groups (broad SMARTS) is 1. The Morgan fingerprint density at radius 3 is 2.69 bits per heavy atom. The molecule has 1 heterocycles. The third-order valence-electron chi connectivity index (χ3n) is 2.17. The molecule has 0 fully saturated rings. The average Bonchev–Trinajstić information content (AvgIpc) is 2.71. The Hall–Kier alpha value is -1.82. The van der Waals surface area contributed by atoms with Crippen LogP contribution in [0.25, 0.3) is 10.1 Å². The number of rotatable bonds is 3. The Balaban J connectivity index is 2.77. The molecular weight excluding hydrogens is 230 g/mol. The number of aromatic carboxylic acids is 1. The van der Waals surface area contributed by atoms with Gasteiger partial charge in [0.2, 0.25) is 0 Å². The first kappa shape index (κ1) is 10.7. The molecule has 84 valence electrons. The summed E-state index contributed by atoms with van der Waals surface area (Å²) in [6.45, 7) is 0. The van der Waals surface area contributed by atoms with Crippen molar-refractivity contribution >= 4 is 27.6 Å². The molecule has 0 aliphatic carbocycles. The molecule has 2 aromatic rings. The van der Waals surface area contributed by atoms with Crippen molar-refractivity contribution in [2.24, 2.45) is 0 Å². The summed E-state index contributed by atoms with van der Waals surface area (Å²) < 4.78 is 14.8. The Morgan fingerprint density at radius 2 is 2.12 bits per heavy atom. The summed E-state index contributed by atoms with van der Waals surface area (Å²) in [5.74, 6) is 0.0140. The molecule has 6 heteroatoms. The maximum Gasteiger partial charge on any atom is 0.356 e. The molecule has 0 spiro atoms. The molecule has 0 saturated heterocycles. The van der Waals surface area contributed by atoms with Crippen LogP contribution in [-0.4, -0.2) is 29.7 Å². The first-order chi connectivity index (χ1) is 7.67. The summed E-state index contributed by atoms with van der Waals surface area (Å²) in [5.41, 5.74) is 0.0134. The van der Waals surface area contributed by atoms with Crippen molar-refractivity contribution in [1.29, 1.82) is 0 Å². The number of hydrogen-bond acceptors (Lipinski definition) is 5. The molecule has 0 atom stereocenters. The second kappa shape index (κ2) is 3.97. The second-order valence-electron chi connectivity index (χ2n) is 3.04. The van der Waals surface area contributed by atoms with Crippen LogP contribution in [0.15, 0.2) is 12.1 Å². The summed E-state index contributed by atoms with van der Waals surface area (Å²) in [5, 5.41) is 9.49. The average molecular weight is 239 g/mol. The van der Waals surface area contributed by atoms with Crippen molar-refractivity contribution in [2.75, 3.05) is 14.2 Å². The van der Waals surface area contributed by atoms with Gasteiger partial charge >= 0.3 is 5.97 Å². The fourth-order valence-corrected chi connectivity index (χ4v) is 2.25. The fourth-order valence-electron chi connectivity index (χ4n) is 1.44. The zero-order chi connectivity index (χ0) is 11.7. The first-order valence-corrected chi connectivity index (χ1v) is 5.19. The Labute approximate surface area is 95.4 Å². The van der Waals surface area contributed by atoms with Crippen molar-refractivity contribution in [2.45, 2.75) is 0 Å². The zero-order valence-corrected chi connectivity index (χ0v) is 9.50. The van der Waals surface area contributed by atoms with Gasteiger partial charge in [0, 0.05) is 6.07 Å². The lowest BCUT2D eigenvalue weighted by atomic mass is 10.2. The van der Waals surface area contributed by atoms with Gasteiger partial charge in [-0.25, -0.2) is 4.79 Å². The number of aromatic nitrogens is 1. The minimum atomic E-state index is -1.06. The van der Waals surface area contributed by atoms with E-state index >= 15 is 0 Å². The quantitative estimate of drug-likeness (QED) is 0.887. The molecule has 0 aliphatic heterocycles. The van der Waals surface area contributed by atoms with Gasteiger partial charge in [0.15, 0.2) is 5.69 Å². The van der Waals surface area contributed by atoms with Crippen LogP contribution in [0.1, 0.15) is 10.5 Å². The number of carboxylic acids is 1. The number of methoxy groups -OCH3 is 2. The van der Waals surface area contributed by atoms with Gasteiger partial charge in [0.05, 0.1) is 24.3 Å². The summed E-state index contributed by atoms with van der Waals surface area (Å²) in [6.07, 6.45) is 0. The van der Waals surface area contributed by atoms with Crippen LogP contribution in [0, 0.1) is 0 Å². The molecular formula is C10H9NO4S. The van der Waals surface area contributed by atoms with Crippen LogP contribution >= 0.6 is 11.5 Å². The van der Waals surface area contributed by atoms with Crippen LogP contribution in [0.5, 0.6) is 11.5 Å². The van der Waals surface area contributed by atoms with E-state index in [-0.39, 0.29) is 5.69 Å². The van der Waals surface area contributed by atoms with Crippen molar-refractivity contribution in [1.82, 2.24) is 4.37 Å². The summed E-state index contributed by atoms with van der Waals surface area (Å²) >= 11 is 1.11. The highest BCUT2D eigenvalue weighted by molar-refractivity contribution is 7.13. The number of fused-ring (bicyclic) bond motifs is 1. The van der Waals surface area contributed by atoms with Gasteiger partial charge in [-0.1, -0.05) is 0 Å². The summed E-state index contributed by atoms with van der Waals surface area (Å²) in [4.78, 5) is 11.0. The van der Waals surface area contributed by atoms with E-state index in [0.717, 1.165) is 16.2 Å². The van der Waals surface area contributed by atoms with Crippen LogP contribution in [-0.2, 0) is 0 Å². The van der Waals surface area contributed by atoms with Gasteiger partial charge in [-0.15, -0.1) is 0 Å². The number of carbonyl (C=O) groups is 1. The molecule has 1 aromatic carbocycles. The van der Waals surface area contributed by atoms with Crippen LogP contribution < -0.4 is 9.47 Å². The van der Waals surface area contributed by atoms with E-state index in [1.54, 1.807) is 19.2 Å². The minimum Gasteiger partial charge on any atom is -0.497 e. The van der Waals surface area contributed by atoms with Gasteiger partial charge in [-0.05, 0) is 17.6 Å². The molecule has 0 bridgehead atoms. The van der Waals surface area contributed by atoms with E-state index in [0.29, 0.717) is 16.9 Å². The first-order valence-electron chi connectivity index (χ1n) is 4.42. The Morgan fingerprint density at radius 1 is 1.38 bits per heavy atom. The molecule has 1 aromatic heterocycles. The standard InChI is InChI=1S/C10H9NO4S/c1-14-5-3-6(15-2)8-7(4-5)16-11-9(8)10(12)13/h3-4H,1-2H3,(H,12,13). The predicted molar refractivity (Wildman–Crippen MR) is 59.7 cm³/mol. The molecule has 0 amide bonds. The maximum absolute atomic E-state index is 11.0. The molecule has 5 nitrogen and oxygen atoms in total. The smallest absolute Gasteiger partial charge is 0.356 e. The van der Waals surface area contributed by atoms with E-state index in [4.69, 9.17) is 14.6 Å². The molecule has 2 rings (SSSR count). The van der Waals surface area contributed by atoms with Crippen molar-refractivity contribution < 1.29 is 19.4 Å². The van der Waals surface area contributed by atoms with E-state index in [2.05, 4.69) is 4.37 Å². The normalized spacial score (nSPS) is 10.4. The highest BCUT2D eigenvalue weighted by Crippen LogP contribution is 2.35. The predicted octanol–water partition coefficient (Wildman–Crippen LogP) is 2.01. The Bertz CT molecular complexity index is 549. The maximum atomic E-state index is 11.0. The number of ether oxygens (including phenoxy) is 2. The van der Waals surface area contributed by atoms with E-state index in [1.165, 1.54) is 7.11 Å². The van der Waals surface area contributed by atoms with Crippen molar-refractivity contribution in [3.63, 3.8) is 0 Å². The van der Waals surface area contributed by atoms with Crippen molar-refractivity contribution in [3.05, 3.63) is 17.8 Å². The SMILES string of the molecule is COc1cc(OC)c2c(C(=O)O)nsc2c1. The van der Waals surface area contributed by atoms with Crippen LogP contribution in [0.4, 0.5) is 0 Å². The lowest BCUT2D eigenvalue weighted by Gasteiger charge is -2.05. The topological polar surface area (TPSA) is 68.7 Å². The highest BCUT2D eigenvalue weighted by Gasteiger charge is 2.18.